The molecule has 6 heteroatoms. The summed E-state index contributed by atoms with van der Waals surface area (Å²) in [5.41, 5.74) is 8.84. The minimum atomic E-state index is -0.450. The lowest BCUT2D eigenvalue weighted by Gasteiger charge is -2.14. The summed E-state index contributed by atoms with van der Waals surface area (Å²) in [6, 6.07) is 8.02. The van der Waals surface area contributed by atoms with Crippen molar-refractivity contribution in [2.24, 2.45) is 11.0 Å². The molecule has 0 fully saturated rings. The van der Waals surface area contributed by atoms with Crippen LogP contribution in [0.25, 0.3) is 10.4 Å². The van der Waals surface area contributed by atoms with E-state index in [1.54, 1.807) is 30.3 Å². The van der Waals surface area contributed by atoms with Crippen molar-refractivity contribution in [2.45, 2.75) is 26.3 Å². The highest BCUT2D eigenvalue weighted by Gasteiger charge is 2.18. The number of nitrogens with one attached hydrogen (secondary N) is 1. The molecule has 0 aliphatic carbocycles. The average Bonchev–Trinajstić information content (AvgIpc) is 2.39. The molecule has 0 bridgehead atoms. The first kappa shape index (κ1) is 14.7. The topological polar surface area (TPSA) is 94.9 Å². The van der Waals surface area contributed by atoms with Gasteiger partial charge in [0.05, 0.1) is 0 Å². The third kappa shape index (κ3) is 4.81. The quantitative estimate of drug-likeness (QED) is 0.500. The molecule has 0 spiro atoms. The summed E-state index contributed by atoms with van der Waals surface area (Å²) in [6.07, 6.45) is 0.000298. The summed E-state index contributed by atoms with van der Waals surface area (Å²) in [5.74, 6) is -0.859. The maximum atomic E-state index is 11.7. The molecule has 0 unspecified atom stereocenters. The molecule has 0 saturated heterocycles. The Bertz CT molecular complexity index is 493. The molecule has 1 atom stereocenters. The van der Waals surface area contributed by atoms with Crippen LogP contribution in [-0.4, -0.2) is 17.9 Å². The first-order valence-electron chi connectivity index (χ1n) is 5.98. The van der Waals surface area contributed by atoms with E-state index in [9.17, 15) is 9.59 Å². The van der Waals surface area contributed by atoms with Crippen molar-refractivity contribution >= 4 is 11.8 Å². The second-order valence-electron chi connectivity index (χ2n) is 4.46. The number of carbonyl (C=O) groups excluding carboxylic acids is 2. The molecule has 0 saturated carbocycles. The van der Waals surface area contributed by atoms with Gasteiger partial charge in [-0.05, 0) is 23.6 Å². The lowest BCUT2D eigenvalue weighted by atomic mass is 10.0. The molecule has 0 aliphatic heterocycles. The summed E-state index contributed by atoms with van der Waals surface area (Å²) in [4.78, 5) is 26.1. The first-order valence-corrected chi connectivity index (χ1v) is 5.98. The second kappa shape index (κ2) is 7.18. The number of hydrogen-bond donors (Lipinski definition) is 1. The molecular formula is C13H16N4O2. The zero-order chi connectivity index (χ0) is 14.3. The largest absolute Gasteiger partial charge is 0.292 e. The van der Waals surface area contributed by atoms with Gasteiger partial charge in [0.15, 0.2) is 0 Å². The first-order chi connectivity index (χ1) is 9.04. The van der Waals surface area contributed by atoms with Crippen LogP contribution >= 0.6 is 0 Å². The highest BCUT2D eigenvalue weighted by molar-refractivity contribution is 6.04. The summed E-state index contributed by atoms with van der Waals surface area (Å²) in [6.45, 7) is 3.71. The van der Waals surface area contributed by atoms with Crippen LogP contribution < -0.4 is 5.32 Å². The second-order valence-corrected chi connectivity index (χ2v) is 4.46. The van der Waals surface area contributed by atoms with Gasteiger partial charge in [0.25, 0.3) is 5.91 Å². The average molecular weight is 260 g/mol. The van der Waals surface area contributed by atoms with E-state index in [0.29, 0.717) is 5.56 Å². The van der Waals surface area contributed by atoms with Crippen molar-refractivity contribution in [1.82, 2.24) is 5.32 Å². The molecule has 1 rings (SSSR count). The van der Waals surface area contributed by atoms with Crippen LogP contribution in [0, 0.1) is 5.92 Å². The molecule has 0 aromatic heterocycles. The monoisotopic (exact) mass is 260 g/mol. The van der Waals surface area contributed by atoms with E-state index in [1.807, 2.05) is 13.8 Å². The number of rotatable bonds is 5. The van der Waals surface area contributed by atoms with Crippen molar-refractivity contribution < 1.29 is 9.59 Å². The maximum Gasteiger partial charge on any atom is 0.257 e. The highest BCUT2D eigenvalue weighted by atomic mass is 16.2. The van der Waals surface area contributed by atoms with Gasteiger partial charge < -0.3 is 0 Å². The van der Waals surface area contributed by atoms with E-state index in [0.717, 1.165) is 0 Å². The fourth-order valence-corrected chi connectivity index (χ4v) is 1.51. The van der Waals surface area contributed by atoms with E-state index in [1.165, 1.54) is 0 Å². The van der Waals surface area contributed by atoms with Crippen molar-refractivity contribution in [3.8, 4) is 0 Å². The summed E-state index contributed by atoms with van der Waals surface area (Å²) in [7, 11) is 0. The molecule has 1 N–H and O–H groups in total. The molecule has 0 heterocycles. The normalized spacial score (nSPS) is 11.5. The van der Waals surface area contributed by atoms with E-state index in [2.05, 4.69) is 15.3 Å². The van der Waals surface area contributed by atoms with Crippen LogP contribution in [0.1, 0.15) is 30.6 Å². The van der Waals surface area contributed by atoms with Crippen LogP contribution in [-0.2, 0) is 4.79 Å². The number of hydrogen-bond acceptors (Lipinski definition) is 3. The molecule has 1 aromatic carbocycles. The Morgan fingerprint density at radius 3 is 2.47 bits per heavy atom. The number of azide groups is 1. The van der Waals surface area contributed by atoms with Crippen molar-refractivity contribution in [2.75, 3.05) is 0 Å². The zero-order valence-electron chi connectivity index (χ0n) is 10.9. The lowest BCUT2D eigenvalue weighted by Crippen LogP contribution is -2.33. The van der Waals surface area contributed by atoms with Crippen LogP contribution in [0.2, 0.25) is 0 Å². The van der Waals surface area contributed by atoms with Gasteiger partial charge in [-0.3, -0.25) is 14.9 Å². The van der Waals surface area contributed by atoms with E-state index < -0.39 is 17.9 Å². The smallest absolute Gasteiger partial charge is 0.257 e. The predicted octanol–water partition coefficient (Wildman–Crippen LogP) is 2.67. The van der Waals surface area contributed by atoms with Crippen LogP contribution in [0.15, 0.2) is 35.4 Å². The van der Waals surface area contributed by atoms with E-state index >= 15 is 0 Å². The third-order valence-electron chi connectivity index (χ3n) is 2.65. The Labute approximate surface area is 111 Å². The lowest BCUT2D eigenvalue weighted by molar-refractivity contribution is -0.120. The van der Waals surface area contributed by atoms with Crippen LogP contribution in [0.5, 0.6) is 0 Å². The molecular weight excluding hydrogens is 244 g/mol. The fraction of sp³-hybridized carbons (Fsp3) is 0.385. The molecule has 19 heavy (non-hydrogen) atoms. The van der Waals surface area contributed by atoms with Gasteiger partial charge in [-0.2, -0.15) is 0 Å². The van der Waals surface area contributed by atoms with E-state index in [-0.39, 0.29) is 12.3 Å². The fourth-order valence-electron chi connectivity index (χ4n) is 1.51. The number of carbonyl (C=O) groups is 2. The predicted molar refractivity (Wildman–Crippen MR) is 71.3 cm³/mol. The van der Waals surface area contributed by atoms with Crippen molar-refractivity contribution in [1.29, 1.82) is 0 Å². The van der Waals surface area contributed by atoms with Gasteiger partial charge in [0.1, 0.15) is 0 Å². The standard InChI is InChI=1S/C13H16N4O2/c1-9(2)11(16-17-14)8-12(18)15-13(19)10-6-4-3-5-7-10/h3-7,9,11H,8H2,1-2H3,(H,15,18,19)/t11-/m0/s1. The maximum absolute atomic E-state index is 11.7. The summed E-state index contributed by atoms with van der Waals surface area (Å²) in [5, 5.41) is 5.83. The number of amides is 2. The van der Waals surface area contributed by atoms with Gasteiger partial charge >= 0.3 is 0 Å². The molecule has 0 aliphatic rings. The van der Waals surface area contributed by atoms with Crippen molar-refractivity contribution in [3.63, 3.8) is 0 Å². The number of benzene rings is 1. The van der Waals surface area contributed by atoms with Crippen LogP contribution in [0.4, 0.5) is 0 Å². The number of imide groups is 1. The Hall–Kier alpha value is -2.33. The van der Waals surface area contributed by atoms with Gasteiger partial charge in [-0.1, -0.05) is 37.2 Å². The summed E-state index contributed by atoms with van der Waals surface area (Å²) >= 11 is 0. The Balaban J connectivity index is 2.60. The van der Waals surface area contributed by atoms with Gasteiger partial charge in [-0.15, -0.1) is 0 Å². The molecule has 0 radical (unpaired) electrons. The van der Waals surface area contributed by atoms with E-state index in [4.69, 9.17) is 5.53 Å². The van der Waals surface area contributed by atoms with Crippen molar-refractivity contribution in [3.05, 3.63) is 46.3 Å². The zero-order valence-corrected chi connectivity index (χ0v) is 10.9. The van der Waals surface area contributed by atoms with Gasteiger partial charge in [-0.25, -0.2) is 0 Å². The molecule has 1 aromatic rings. The van der Waals surface area contributed by atoms with Gasteiger partial charge in [0, 0.05) is 22.9 Å². The minimum Gasteiger partial charge on any atom is -0.292 e. The Kier molecular flexibility index (Phi) is 5.57. The summed E-state index contributed by atoms with van der Waals surface area (Å²) < 4.78 is 0. The number of nitrogens with zero attached hydrogens (tertiary/aromatic N) is 3. The third-order valence-corrected chi connectivity index (χ3v) is 2.65. The Morgan fingerprint density at radius 1 is 1.32 bits per heavy atom. The molecule has 6 nitrogen and oxygen atoms in total. The van der Waals surface area contributed by atoms with Gasteiger partial charge in [0.2, 0.25) is 5.91 Å². The molecule has 100 valence electrons. The molecule has 2 amide bonds. The minimum absolute atomic E-state index is 0.000298. The Morgan fingerprint density at radius 2 is 1.95 bits per heavy atom. The SMILES string of the molecule is CC(C)[C@H](CC(=O)NC(=O)c1ccccc1)N=[N+]=[N-]. The highest BCUT2D eigenvalue weighted by Crippen LogP contribution is 2.11. The van der Waals surface area contributed by atoms with Crippen LogP contribution in [0.3, 0.4) is 0 Å².